The van der Waals surface area contributed by atoms with Gasteiger partial charge in [0.05, 0.1) is 12.3 Å². The molecular weight excluding hydrogens is 297 g/mol. The molecule has 120 valence electrons. The average Bonchev–Trinajstić information content (AvgIpc) is 3.37. The normalized spacial score (nSPS) is 13.4. The van der Waals surface area contributed by atoms with Crippen LogP contribution in [-0.4, -0.2) is 17.6 Å². The highest BCUT2D eigenvalue weighted by atomic mass is 19.1. The number of carbonyl (C=O) groups excluding carboxylic acids is 1. The molecule has 0 unspecified atom stereocenters. The fourth-order valence-electron chi connectivity index (χ4n) is 2.07. The first-order chi connectivity index (χ1) is 11.2. The van der Waals surface area contributed by atoms with E-state index in [1.807, 2.05) is 6.07 Å². The first-order valence-electron chi connectivity index (χ1n) is 7.57. The molecule has 1 saturated carbocycles. The van der Waals surface area contributed by atoms with Crippen molar-refractivity contribution in [2.24, 2.45) is 5.92 Å². The van der Waals surface area contributed by atoms with Crippen LogP contribution in [0.2, 0.25) is 0 Å². The van der Waals surface area contributed by atoms with Gasteiger partial charge in [-0.3, -0.25) is 4.98 Å². The monoisotopic (exact) mass is 315 g/mol. The summed E-state index contributed by atoms with van der Waals surface area (Å²) in [5, 5.41) is 5.33. The number of halogens is 1. The first kappa shape index (κ1) is 15.3. The minimum absolute atomic E-state index is 0.328. The lowest BCUT2D eigenvalue weighted by molar-refractivity contribution is 0.251. The molecule has 0 atom stereocenters. The standard InChI is InChI=1S/C17H18FN3O2/c18-14-5-6-16(23-11-12-3-4-12)15(8-14)21-17(22)20-10-13-2-1-7-19-9-13/h1-2,5-9,12H,3-4,10-11H2,(H2,20,21,22). The van der Waals surface area contributed by atoms with Gasteiger partial charge in [0.2, 0.25) is 0 Å². The minimum atomic E-state index is -0.425. The third kappa shape index (κ3) is 4.67. The average molecular weight is 315 g/mol. The van der Waals surface area contributed by atoms with Gasteiger partial charge in [0, 0.05) is 25.0 Å². The summed E-state index contributed by atoms with van der Waals surface area (Å²) in [6, 6.07) is 7.35. The molecule has 1 aliphatic rings. The number of hydrogen-bond donors (Lipinski definition) is 2. The number of benzene rings is 1. The van der Waals surface area contributed by atoms with E-state index >= 15 is 0 Å². The van der Waals surface area contributed by atoms with E-state index in [2.05, 4.69) is 15.6 Å². The summed E-state index contributed by atoms with van der Waals surface area (Å²) in [7, 11) is 0. The maximum Gasteiger partial charge on any atom is 0.319 e. The van der Waals surface area contributed by atoms with Crippen LogP contribution in [0.15, 0.2) is 42.7 Å². The molecule has 0 saturated heterocycles. The molecule has 3 rings (SSSR count). The van der Waals surface area contributed by atoms with Crippen molar-refractivity contribution in [1.29, 1.82) is 0 Å². The highest BCUT2D eigenvalue weighted by molar-refractivity contribution is 5.90. The summed E-state index contributed by atoms with van der Waals surface area (Å²) in [6.45, 7) is 0.935. The predicted molar refractivity (Wildman–Crippen MR) is 84.7 cm³/mol. The Morgan fingerprint density at radius 3 is 2.96 bits per heavy atom. The van der Waals surface area contributed by atoms with Gasteiger partial charge in [0.15, 0.2) is 0 Å². The van der Waals surface area contributed by atoms with Gasteiger partial charge in [-0.2, -0.15) is 0 Å². The lowest BCUT2D eigenvalue weighted by atomic mass is 10.2. The van der Waals surface area contributed by atoms with Gasteiger partial charge in [-0.25, -0.2) is 9.18 Å². The van der Waals surface area contributed by atoms with E-state index in [-0.39, 0.29) is 0 Å². The molecule has 1 fully saturated rings. The minimum Gasteiger partial charge on any atom is -0.491 e. The highest BCUT2D eigenvalue weighted by Crippen LogP contribution is 2.32. The van der Waals surface area contributed by atoms with Gasteiger partial charge in [-0.15, -0.1) is 0 Å². The number of pyridine rings is 1. The SMILES string of the molecule is O=C(NCc1cccnc1)Nc1cc(F)ccc1OCC1CC1. The summed E-state index contributed by atoms with van der Waals surface area (Å²) in [5.41, 5.74) is 1.21. The number of aromatic nitrogens is 1. The second-order valence-electron chi connectivity index (χ2n) is 5.56. The Morgan fingerprint density at radius 2 is 2.22 bits per heavy atom. The lowest BCUT2D eigenvalue weighted by Crippen LogP contribution is -2.28. The van der Waals surface area contributed by atoms with Crippen LogP contribution >= 0.6 is 0 Å². The van der Waals surface area contributed by atoms with E-state index in [4.69, 9.17) is 4.74 Å². The zero-order chi connectivity index (χ0) is 16.1. The highest BCUT2D eigenvalue weighted by Gasteiger charge is 2.22. The molecule has 23 heavy (non-hydrogen) atoms. The molecular formula is C17H18FN3O2. The number of amides is 2. The Kier molecular flexibility index (Phi) is 4.71. The molecule has 2 N–H and O–H groups in total. The molecule has 0 radical (unpaired) electrons. The molecule has 0 spiro atoms. The second-order valence-corrected chi connectivity index (χ2v) is 5.56. The van der Waals surface area contributed by atoms with E-state index in [0.29, 0.717) is 30.5 Å². The quantitative estimate of drug-likeness (QED) is 0.859. The van der Waals surface area contributed by atoms with Crippen LogP contribution in [0.5, 0.6) is 5.75 Å². The van der Waals surface area contributed by atoms with E-state index in [9.17, 15) is 9.18 Å². The van der Waals surface area contributed by atoms with Gasteiger partial charge in [-0.05, 0) is 42.5 Å². The number of urea groups is 1. The van der Waals surface area contributed by atoms with E-state index in [1.54, 1.807) is 18.5 Å². The number of carbonyl (C=O) groups is 1. The Labute approximate surface area is 133 Å². The first-order valence-corrected chi connectivity index (χ1v) is 7.57. The molecule has 1 heterocycles. The molecule has 5 nitrogen and oxygen atoms in total. The van der Waals surface area contributed by atoms with Crippen molar-refractivity contribution in [3.05, 3.63) is 54.1 Å². The van der Waals surface area contributed by atoms with Gasteiger partial charge < -0.3 is 15.4 Å². The van der Waals surface area contributed by atoms with Crippen LogP contribution in [0, 0.1) is 11.7 Å². The largest absolute Gasteiger partial charge is 0.491 e. The molecule has 2 aromatic rings. The van der Waals surface area contributed by atoms with Crippen LogP contribution in [0.25, 0.3) is 0 Å². The van der Waals surface area contributed by atoms with Crippen LogP contribution in [0.1, 0.15) is 18.4 Å². The third-order valence-electron chi connectivity index (χ3n) is 3.54. The molecule has 0 bridgehead atoms. The summed E-state index contributed by atoms with van der Waals surface area (Å²) < 4.78 is 19.1. The fraction of sp³-hybridized carbons (Fsp3) is 0.294. The summed E-state index contributed by atoms with van der Waals surface area (Å²) in [6.07, 6.45) is 5.66. The maximum absolute atomic E-state index is 13.4. The summed E-state index contributed by atoms with van der Waals surface area (Å²) in [4.78, 5) is 16.0. The number of hydrogen-bond acceptors (Lipinski definition) is 3. The van der Waals surface area contributed by atoms with Crippen molar-refractivity contribution in [1.82, 2.24) is 10.3 Å². The van der Waals surface area contributed by atoms with Crippen molar-refractivity contribution >= 4 is 11.7 Å². The second kappa shape index (κ2) is 7.09. The molecule has 1 aromatic heterocycles. The Hall–Kier alpha value is -2.63. The van der Waals surface area contributed by atoms with Crippen molar-refractivity contribution in [3.8, 4) is 5.75 Å². The molecule has 2 amide bonds. The van der Waals surface area contributed by atoms with Crippen molar-refractivity contribution in [3.63, 3.8) is 0 Å². The summed E-state index contributed by atoms with van der Waals surface area (Å²) >= 11 is 0. The van der Waals surface area contributed by atoms with E-state index in [0.717, 1.165) is 18.4 Å². The summed E-state index contributed by atoms with van der Waals surface area (Å²) in [5.74, 6) is 0.633. The Morgan fingerprint density at radius 1 is 1.35 bits per heavy atom. The fourth-order valence-corrected chi connectivity index (χ4v) is 2.07. The van der Waals surface area contributed by atoms with Crippen LogP contribution in [0.4, 0.5) is 14.9 Å². The zero-order valence-corrected chi connectivity index (χ0v) is 12.6. The topological polar surface area (TPSA) is 63.2 Å². The lowest BCUT2D eigenvalue weighted by Gasteiger charge is -2.13. The maximum atomic E-state index is 13.4. The molecule has 1 aromatic carbocycles. The van der Waals surface area contributed by atoms with Gasteiger partial charge in [0.1, 0.15) is 11.6 Å². The number of anilines is 1. The number of nitrogens with zero attached hydrogens (tertiary/aromatic N) is 1. The van der Waals surface area contributed by atoms with Crippen LogP contribution < -0.4 is 15.4 Å². The number of rotatable bonds is 6. The molecule has 1 aliphatic carbocycles. The van der Waals surface area contributed by atoms with Crippen LogP contribution in [-0.2, 0) is 6.54 Å². The third-order valence-corrected chi connectivity index (χ3v) is 3.54. The van der Waals surface area contributed by atoms with Gasteiger partial charge in [0.25, 0.3) is 0 Å². The van der Waals surface area contributed by atoms with Crippen molar-refractivity contribution in [2.45, 2.75) is 19.4 Å². The smallest absolute Gasteiger partial charge is 0.319 e. The number of nitrogens with one attached hydrogen (secondary N) is 2. The zero-order valence-electron chi connectivity index (χ0n) is 12.6. The van der Waals surface area contributed by atoms with Gasteiger partial charge >= 0.3 is 6.03 Å². The predicted octanol–water partition coefficient (Wildman–Crippen LogP) is 3.33. The van der Waals surface area contributed by atoms with E-state index in [1.165, 1.54) is 18.2 Å². The van der Waals surface area contributed by atoms with Crippen molar-refractivity contribution in [2.75, 3.05) is 11.9 Å². The molecule has 6 heteroatoms. The Balaban J connectivity index is 1.58. The molecule has 0 aliphatic heterocycles. The Bertz CT molecular complexity index is 675. The van der Waals surface area contributed by atoms with Crippen molar-refractivity contribution < 1.29 is 13.9 Å². The van der Waals surface area contributed by atoms with Crippen LogP contribution in [0.3, 0.4) is 0 Å². The number of ether oxygens (including phenoxy) is 1. The van der Waals surface area contributed by atoms with Gasteiger partial charge in [-0.1, -0.05) is 6.07 Å². The van der Waals surface area contributed by atoms with E-state index < -0.39 is 11.8 Å².